The van der Waals surface area contributed by atoms with Gasteiger partial charge in [0.1, 0.15) is 0 Å². The zero-order chi connectivity index (χ0) is 19.3. The molecule has 1 saturated carbocycles. The maximum atomic E-state index is 11.7. The van der Waals surface area contributed by atoms with Gasteiger partial charge in [-0.15, -0.1) is 11.3 Å². The Kier molecular flexibility index (Phi) is 7.21. The standard InChI is InChI=1S/C23H36N2O2S/c1-18(26)23-13-20(17-28-23)15-24(16-22-7-4-12-27-22)14-19-8-10-25(11-9-19)21-5-2-3-6-21/h13,17,19,21-22H,2-12,14-16H2,1H3/t22-/m1/s1. The van der Waals surface area contributed by atoms with Gasteiger partial charge in [-0.2, -0.15) is 0 Å². The molecule has 0 unspecified atom stereocenters. The summed E-state index contributed by atoms with van der Waals surface area (Å²) in [6.07, 6.45) is 11.2. The first kappa shape index (κ1) is 20.5. The summed E-state index contributed by atoms with van der Waals surface area (Å²) in [5.74, 6) is 0.978. The van der Waals surface area contributed by atoms with Gasteiger partial charge in [-0.25, -0.2) is 0 Å². The van der Waals surface area contributed by atoms with Crippen molar-refractivity contribution in [3.8, 4) is 0 Å². The Morgan fingerprint density at radius 2 is 1.93 bits per heavy atom. The molecule has 2 saturated heterocycles. The van der Waals surface area contributed by atoms with Crippen molar-refractivity contribution >= 4 is 17.1 Å². The Morgan fingerprint density at radius 3 is 2.57 bits per heavy atom. The molecule has 3 heterocycles. The van der Waals surface area contributed by atoms with E-state index in [-0.39, 0.29) is 5.78 Å². The number of piperidine rings is 1. The van der Waals surface area contributed by atoms with E-state index in [4.69, 9.17) is 4.74 Å². The molecule has 1 aromatic heterocycles. The van der Waals surface area contributed by atoms with Gasteiger partial charge in [0.2, 0.25) is 0 Å². The van der Waals surface area contributed by atoms with Gasteiger partial charge in [-0.05, 0) is 81.5 Å². The summed E-state index contributed by atoms with van der Waals surface area (Å²) in [7, 11) is 0. The van der Waals surface area contributed by atoms with Crippen molar-refractivity contribution < 1.29 is 9.53 Å². The lowest BCUT2D eigenvalue weighted by Crippen LogP contribution is -2.43. The van der Waals surface area contributed by atoms with E-state index in [1.165, 1.54) is 76.6 Å². The van der Waals surface area contributed by atoms with E-state index in [1.54, 1.807) is 18.3 Å². The average molecular weight is 405 g/mol. The van der Waals surface area contributed by atoms with E-state index in [0.717, 1.165) is 36.5 Å². The molecule has 0 N–H and O–H groups in total. The fraction of sp³-hybridized carbons (Fsp3) is 0.783. The average Bonchev–Trinajstić information content (AvgIpc) is 3.45. The van der Waals surface area contributed by atoms with E-state index in [1.807, 2.05) is 0 Å². The highest BCUT2D eigenvalue weighted by Gasteiger charge is 2.29. The fourth-order valence-electron chi connectivity index (χ4n) is 5.32. The highest BCUT2D eigenvalue weighted by molar-refractivity contribution is 7.12. The van der Waals surface area contributed by atoms with Crippen LogP contribution in [0.25, 0.3) is 0 Å². The van der Waals surface area contributed by atoms with Crippen molar-refractivity contribution in [2.24, 2.45) is 5.92 Å². The molecule has 0 bridgehead atoms. The molecular weight excluding hydrogens is 368 g/mol. The van der Waals surface area contributed by atoms with Crippen LogP contribution in [0.3, 0.4) is 0 Å². The number of likely N-dealkylation sites (tertiary alicyclic amines) is 1. The van der Waals surface area contributed by atoms with Crippen LogP contribution in [0.5, 0.6) is 0 Å². The summed E-state index contributed by atoms with van der Waals surface area (Å²) in [4.78, 5) is 17.9. The minimum Gasteiger partial charge on any atom is -0.377 e. The molecule has 156 valence electrons. The third-order valence-electron chi connectivity index (χ3n) is 6.90. The second-order valence-corrected chi connectivity index (χ2v) is 10.0. The van der Waals surface area contributed by atoms with Crippen molar-refractivity contribution in [1.82, 2.24) is 9.80 Å². The molecule has 0 radical (unpaired) electrons. The molecule has 0 aromatic carbocycles. The van der Waals surface area contributed by atoms with Crippen LogP contribution in [0.1, 0.15) is 73.5 Å². The number of rotatable bonds is 8. The van der Waals surface area contributed by atoms with Gasteiger partial charge < -0.3 is 9.64 Å². The van der Waals surface area contributed by atoms with E-state index < -0.39 is 0 Å². The maximum Gasteiger partial charge on any atom is 0.169 e. The third kappa shape index (κ3) is 5.44. The van der Waals surface area contributed by atoms with Crippen molar-refractivity contribution in [3.63, 3.8) is 0 Å². The molecule has 1 aromatic rings. The summed E-state index contributed by atoms with van der Waals surface area (Å²) >= 11 is 1.59. The normalized spacial score (nSPS) is 25.1. The maximum absolute atomic E-state index is 11.7. The van der Waals surface area contributed by atoms with Crippen LogP contribution >= 0.6 is 11.3 Å². The molecule has 3 aliphatic rings. The van der Waals surface area contributed by atoms with Gasteiger partial charge in [0, 0.05) is 32.3 Å². The summed E-state index contributed by atoms with van der Waals surface area (Å²) in [6, 6.07) is 2.97. The Labute approximate surface area is 174 Å². The molecule has 4 nitrogen and oxygen atoms in total. The van der Waals surface area contributed by atoms with Crippen molar-refractivity contribution in [2.45, 2.75) is 77.0 Å². The lowest BCUT2D eigenvalue weighted by Gasteiger charge is -2.38. The third-order valence-corrected chi connectivity index (χ3v) is 7.98. The van der Waals surface area contributed by atoms with E-state index in [2.05, 4.69) is 21.2 Å². The molecule has 5 heteroatoms. The summed E-state index contributed by atoms with van der Waals surface area (Å²) in [6.45, 7) is 8.32. The van der Waals surface area contributed by atoms with Gasteiger partial charge in [0.15, 0.2) is 5.78 Å². The number of hydrogen-bond acceptors (Lipinski definition) is 5. The van der Waals surface area contributed by atoms with Gasteiger partial charge in [-0.3, -0.25) is 9.69 Å². The number of ether oxygens (including phenoxy) is 1. The summed E-state index contributed by atoms with van der Waals surface area (Å²) < 4.78 is 5.94. The van der Waals surface area contributed by atoms with E-state index in [9.17, 15) is 4.79 Å². The second kappa shape index (κ2) is 9.84. The van der Waals surface area contributed by atoms with Crippen LogP contribution in [0.4, 0.5) is 0 Å². The summed E-state index contributed by atoms with van der Waals surface area (Å²) in [5, 5.41) is 2.17. The molecule has 0 amide bonds. The first-order chi connectivity index (χ1) is 13.7. The number of thiophene rings is 1. The minimum absolute atomic E-state index is 0.182. The predicted octanol–water partition coefficient (Wildman–Crippen LogP) is 4.59. The molecule has 1 atom stereocenters. The number of ketones is 1. The second-order valence-electron chi connectivity index (χ2n) is 9.12. The summed E-state index contributed by atoms with van der Waals surface area (Å²) in [5.41, 5.74) is 1.29. The van der Waals surface area contributed by atoms with Crippen molar-refractivity contribution in [1.29, 1.82) is 0 Å². The molecule has 28 heavy (non-hydrogen) atoms. The number of Topliss-reactive ketones (excluding diaryl/α,β-unsaturated/α-hetero) is 1. The van der Waals surface area contributed by atoms with Crippen LogP contribution < -0.4 is 0 Å². The number of carbonyl (C=O) groups excluding carboxylic acids is 1. The largest absolute Gasteiger partial charge is 0.377 e. The van der Waals surface area contributed by atoms with E-state index >= 15 is 0 Å². The van der Waals surface area contributed by atoms with Crippen LogP contribution in [0.15, 0.2) is 11.4 Å². The first-order valence-corrected chi connectivity index (χ1v) is 12.2. The lowest BCUT2D eigenvalue weighted by atomic mass is 9.94. The lowest BCUT2D eigenvalue weighted by molar-refractivity contribution is 0.0540. The van der Waals surface area contributed by atoms with Crippen LogP contribution in [-0.4, -0.2) is 60.5 Å². The topological polar surface area (TPSA) is 32.8 Å². The van der Waals surface area contributed by atoms with Crippen molar-refractivity contribution in [3.05, 3.63) is 21.9 Å². The Morgan fingerprint density at radius 1 is 1.14 bits per heavy atom. The molecule has 4 rings (SSSR count). The SMILES string of the molecule is CC(=O)c1cc(CN(CC2CCN(C3CCCC3)CC2)C[C@H]2CCCO2)cs1. The fourth-order valence-corrected chi connectivity index (χ4v) is 6.12. The molecule has 1 aliphatic carbocycles. The molecule has 2 aliphatic heterocycles. The zero-order valence-corrected chi connectivity index (χ0v) is 18.2. The molecule has 3 fully saturated rings. The van der Waals surface area contributed by atoms with Gasteiger partial charge in [0.25, 0.3) is 0 Å². The Hall–Kier alpha value is -0.750. The monoisotopic (exact) mass is 404 g/mol. The van der Waals surface area contributed by atoms with Gasteiger partial charge >= 0.3 is 0 Å². The number of nitrogens with zero attached hydrogens (tertiary/aromatic N) is 2. The van der Waals surface area contributed by atoms with Crippen molar-refractivity contribution in [2.75, 3.05) is 32.8 Å². The van der Waals surface area contributed by atoms with E-state index in [0.29, 0.717) is 6.10 Å². The Bertz CT molecular complexity index is 626. The molecule has 0 spiro atoms. The van der Waals surface area contributed by atoms with Gasteiger partial charge in [-0.1, -0.05) is 12.8 Å². The predicted molar refractivity (Wildman–Crippen MR) is 115 cm³/mol. The van der Waals surface area contributed by atoms with Crippen LogP contribution in [0, 0.1) is 5.92 Å². The van der Waals surface area contributed by atoms with Crippen LogP contribution in [0.2, 0.25) is 0 Å². The van der Waals surface area contributed by atoms with Crippen LogP contribution in [-0.2, 0) is 11.3 Å². The zero-order valence-electron chi connectivity index (χ0n) is 17.4. The molecular formula is C23H36N2O2S. The quantitative estimate of drug-likeness (QED) is 0.594. The minimum atomic E-state index is 0.182. The number of carbonyl (C=O) groups is 1. The highest BCUT2D eigenvalue weighted by atomic mass is 32.1. The van der Waals surface area contributed by atoms with Gasteiger partial charge in [0.05, 0.1) is 11.0 Å². The Balaban J connectivity index is 1.32. The highest BCUT2D eigenvalue weighted by Crippen LogP contribution is 2.29. The smallest absolute Gasteiger partial charge is 0.169 e. The first-order valence-electron chi connectivity index (χ1n) is 11.3. The number of hydrogen-bond donors (Lipinski definition) is 0.